The van der Waals surface area contributed by atoms with Gasteiger partial charge in [-0.25, -0.2) is 8.78 Å². The van der Waals surface area contributed by atoms with E-state index in [-0.39, 0.29) is 0 Å². The summed E-state index contributed by atoms with van der Waals surface area (Å²) in [5.41, 5.74) is 0.889. The second-order valence-corrected chi connectivity index (χ2v) is 5.50. The third-order valence-electron chi connectivity index (χ3n) is 4.16. The third kappa shape index (κ3) is 4.00. The molecule has 2 rings (SSSR count). The van der Waals surface area contributed by atoms with Crippen LogP contribution in [0, 0.1) is 17.6 Å². The van der Waals surface area contributed by atoms with Gasteiger partial charge < -0.3 is 5.32 Å². The molecule has 0 aliphatic heterocycles. The Morgan fingerprint density at radius 1 is 1.21 bits per heavy atom. The van der Waals surface area contributed by atoms with Gasteiger partial charge in [-0.2, -0.15) is 0 Å². The Bertz CT molecular complexity index is 400. The van der Waals surface area contributed by atoms with E-state index in [2.05, 4.69) is 12.2 Å². The van der Waals surface area contributed by atoms with Crippen molar-refractivity contribution < 1.29 is 8.78 Å². The Morgan fingerprint density at radius 3 is 2.58 bits per heavy atom. The van der Waals surface area contributed by atoms with Crippen LogP contribution in [0.5, 0.6) is 0 Å². The van der Waals surface area contributed by atoms with E-state index in [0.717, 1.165) is 30.9 Å². The van der Waals surface area contributed by atoms with E-state index >= 15 is 0 Å². The van der Waals surface area contributed by atoms with E-state index in [1.54, 1.807) is 6.07 Å². The van der Waals surface area contributed by atoms with Crippen LogP contribution in [-0.4, -0.2) is 12.6 Å². The zero-order valence-corrected chi connectivity index (χ0v) is 11.6. The van der Waals surface area contributed by atoms with Crippen LogP contribution in [-0.2, 0) is 6.42 Å². The zero-order valence-electron chi connectivity index (χ0n) is 11.6. The molecule has 0 radical (unpaired) electrons. The smallest absolute Gasteiger partial charge is 0.159 e. The minimum absolute atomic E-state index is 0.514. The molecule has 1 aromatic carbocycles. The van der Waals surface area contributed by atoms with Crippen molar-refractivity contribution in [2.24, 2.45) is 5.92 Å². The lowest BCUT2D eigenvalue weighted by Crippen LogP contribution is -2.35. The Hall–Kier alpha value is -0.960. The lowest BCUT2D eigenvalue weighted by atomic mass is 9.92. The summed E-state index contributed by atoms with van der Waals surface area (Å²) in [4.78, 5) is 0. The lowest BCUT2D eigenvalue weighted by molar-refractivity contribution is 0.346. The largest absolute Gasteiger partial charge is 0.314 e. The number of halogens is 2. The first kappa shape index (κ1) is 14.4. The van der Waals surface area contributed by atoms with Gasteiger partial charge in [0.15, 0.2) is 11.6 Å². The highest BCUT2D eigenvalue weighted by Gasteiger charge is 2.23. The summed E-state index contributed by atoms with van der Waals surface area (Å²) in [7, 11) is 0. The van der Waals surface area contributed by atoms with Crippen LogP contribution in [0.1, 0.15) is 44.6 Å². The Kier molecular flexibility index (Phi) is 5.32. The molecular formula is C16H23F2N. The summed E-state index contributed by atoms with van der Waals surface area (Å²) >= 11 is 0. The number of hydrogen-bond donors (Lipinski definition) is 1. The maximum Gasteiger partial charge on any atom is 0.159 e. The van der Waals surface area contributed by atoms with E-state index < -0.39 is 11.6 Å². The molecule has 1 N–H and O–H groups in total. The van der Waals surface area contributed by atoms with E-state index in [1.165, 1.54) is 37.8 Å². The molecule has 1 aliphatic carbocycles. The Labute approximate surface area is 114 Å². The van der Waals surface area contributed by atoms with Crippen LogP contribution in [0.4, 0.5) is 8.78 Å². The maximum atomic E-state index is 13.2. The van der Waals surface area contributed by atoms with E-state index in [0.29, 0.717) is 6.04 Å². The van der Waals surface area contributed by atoms with Gasteiger partial charge in [-0.1, -0.05) is 25.8 Å². The summed E-state index contributed by atoms with van der Waals surface area (Å²) in [6, 6.07) is 4.76. The molecule has 3 heteroatoms. The van der Waals surface area contributed by atoms with Crippen molar-refractivity contribution in [3.8, 4) is 0 Å². The molecule has 1 nitrogen and oxygen atoms in total. The minimum atomic E-state index is -0.761. The fourth-order valence-corrected chi connectivity index (χ4v) is 3.14. The van der Waals surface area contributed by atoms with Crippen LogP contribution in [0.25, 0.3) is 0 Å². The summed E-state index contributed by atoms with van der Waals surface area (Å²) in [6.45, 7) is 3.10. The Morgan fingerprint density at radius 2 is 1.95 bits per heavy atom. The quantitative estimate of drug-likeness (QED) is 0.819. The molecule has 106 valence electrons. The Balaban J connectivity index is 1.91. The van der Waals surface area contributed by atoms with Crippen LogP contribution < -0.4 is 5.32 Å². The second-order valence-electron chi connectivity index (χ2n) is 5.50. The average molecular weight is 267 g/mol. The zero-order chi connectivity index (χ0) is 13.7. The highest BCUT2D eigenvalue weighted by atomic mass is 19.2. The molecule has 0 bridgehead atoms. The molecule has 0 heterocycles. The molecule has 0 spiro atoms. The van der Waals surface area contributed by atoms with Gasteiger partial charge >= 0.3 is 0 Å². The number of benzene rings is 1. The highest BCUT2D eigenvalue weighted by Crippen LogP contribution is 2.29. The van der Waals surface area contributed by atoms with Crippen molar-refractivity contribution in [1.29, 1.82) is 0 Å². The molecule has 1 saturated carbocycles. The predicted octanol–water partition coefficient (Wildman–Crippen LogP) is 4.07. The molecule has 1 unspecified atom stereocenters. The van der Waals surface area contributed by atoms with Gasteiger partial charge in [0.25, 0.3) is 0 Å². The summed E-state index contributed by atoms with van der Waals surface area (Å²) in [5, 5.41) is 3.55. The lowest BCUT2D eigenvalue weighted by Gasteiger charge is -2.24. The SMILES string of the molecule is CCNC(CCc1ccc(F)c(F)c1)C1CCCC1. The van der Waals surface area contributed by atoms with Crippen molar-refractivity contribution in [3.63, 3.8) is 0 Å². The van der Waals surface area contributed by atoms with Crippen molar-refractivity contribution >= 4 is 0 Å². The molecule has 1 fully saturated rings. The van der Waals surface area contributed by atoms with Gasteiger partial charge in [0.1, 0.15) is 0 Å². The van der Waals surface area contributed by atoms with Crippen molar-refractivity contribution in [1.82, 2.24) is 5.32 Å². The summed E-state index contributed by atoms with van der Waals surface area (Å²) in [5.74, 6) is -0.744. The van der Waals surface area contributed by atoms with Crippen LogP contribution in [0.15, 0.2) is 18.2 Å². The van der Waals surface area contributed by atoms with E-state index in [4.69, 9.17) is 0 Å². The normalized spacial score (nSPS) is 17.8. The molecule has 19 heavy (non-hydrogen) atoms. The molecule has 0 saturated heterocycles. The van der Waals surface area contributed by atoms with Gasteiger partial charge in [0.2, 0.25) is 0 Å². The van der Waals surface area contributed by atoms with E-state index in [9.17, 15) is 8.78 Å². The van der Waals surface area contributed by atoms with E-state index in [1.807, 2.05) is 0 Å². The molecule has 1 aromatic rings. The predicted molar refractivity (Wildman–Crippen MR) is 74.1 cm³/mol. The van der Waals surface area contributed by atoms with Crippen LogP contribution >= 0.6 is 0 Å². The number of rotatable bonds is 6. The van der Waals surface area contributed by atoms with Gasteiger partial charge in [-0.15, -0.1) is 0 Å². The number of nitrogens with one attached hydrogen (secondary N) is 1. The molecular weight excluding hydrogens is 244 g/mol. The number of hydrogen-bond acceptors (Lipinski definition) is 1. The average Bonchev–Trinajstić information content (AvgIpc) is 2.92. The van der Waals surface area contributed by atoms with Crippen molar-refractivity contribution in [2.75, 3.05) is 6.54 Å². The summed E-state index contributed by atoms with van der Waals surface area (Å²) in [6.07, 6.45) is 7.08. The van der Waals surface area contributed by atoms with Crippen molar-refractivity contribution in [3.05, 3.63) is 35.4 Å². The molecule has 1 aliphatic rings. The third-order valence-corrected chi connectivity index (χ3v) is 4.16. The summed E-state index contributed by atoms with van der Waals surface area (Å²) < 4.78 is 26.0. The van der Waals surface area contributed by atoms with Crippen molar-refractivity contribution in [2.45, 2.75) is 51.5 Å². The van der Waals surface area contributed by atoms with Gasteiger partial charge in [-0.3, -0.25) is 0 Å². The standard InChI is InChI=1S/C16H23F2N/c1-2-19-16(13-5-3-4-6-13)10-8-12-7-9-14(17)15(18)11-12/h7,9,11,13,16,19H,2-6,8,10H2,1H3. The topological polar surface area (TPSA) is 12.0 Å². The molecule has 0 amide bonds. The highest BCUT2D eigenvalue weighted by molar-refractivity contribution is 5.18. The molecule has 1 atom stereocenters. The van der Waals surface area contributed by atoms with Gasteiger partial charge in [-0.05, 0) is 55.8 Å². The first-order valence-corrected chi connectivity index (χ1v) is 7.38. The fraction of sp³-hybridized carbons (Fsp3) is 0.625. The van der Waals surface area contributed by atoms with Crippen LogP contribution in [0.2, 0.25) is 0 Å². The second kappa shape index (κ2) is 6.99. The van der Waals surface area contributed by atoms with Gasteiger partial charge in [0, 0.05) is 6.04 Å². The minimum Gasteiger partial charge on any atom is -0.314 e. The van der Waals surface area contributed by atoms with Gasteiger partial charge in [0.05, 0.1) is 0 Å². The monoisotopic (exact) mass is 267 g/mol. The number of aryl methyl sites for hydroxylation is 1. The first-order valence-electron chi connectivity index (χ1n) is 7.38. The maximum absolute atomic E-state index is 13.2. The fourth-order valence-electron chi connectivity index (χ4n) is 3.14. The van der Waals surface area contributed by atoms with Crippen LogP contribution in [0.3, 0.4) is 0 Å². The first-order chi connectivity index (χ1) is 9.20. The molecule has 0 aromatic heterocycles.